The Labute approximate surface area is 127 Å². The molecule has 1 saturated carbocycles. The molecule has 2 rings (SSSR count). The second-order valence-electron chi connectivity index (χ2n) is 4.42. The van der Waals surface area contributed by atoms with Gasteiger partial charge in [-0.3, -0.25) is 4.79 Å². The van der Waals surface area contributed by atoms with E-state index in [4.69, 9.17) is 0 Å². The van der Waals surface area contributed by atoms with Crippen LogP contribution in [0.4, 0.5) is 0 Å². The summed E-state index contributed by atoms with van der Waals surface area (Å²) >= 11 is 6.46. The minimum absolute atomic E-state index is 0.00272. The fraction of sp³-hybridized carbons (Fsp3) is 0.231. The van der Waals surface area contributed by atoms with Crippen LogP contribution in [0.3, 0.4) is 0 Å². The summed E-state index contributed by atoms with van der Waals surface area (Å²) in [6.07, 6.45) is 3.02. The lowest BCUT2D eigenvalue weighted by Crippen LogP contribution is -2.32. The molecule has 4 nitrogen and oxygen atoms in total. The van der Waals surface area contributed by atoms with Crippen LogP contribution < -0.4 is 5.43 Å². The second-order valence-corrected chi connectivity index (χ2v) is 6.13. The first-order chi connectivity index (χ1) is 8.97. The van der Waals surface area contributed by atoms with E-state index in [0.29, 0.717) is 8.95 Å². The van der Waals surface area contributed by atoms with Gasteiger partial charge in [-0.15, -0.1) is 0 Å². The van der Waals surface area contributed by atoms with Gasteiger partial charge >= 0.3 is 0 Å². The number of allylic oxidation sites excluding steroid dienone is 1. The maximum absolute atomic E-state index is 11.6. The van der Waals surface area contributed by atoms with Crippen molar-refractivity contribution in [2.24, 2.45) is 11.0 Å². The molecule has 1 aliphatic carbocycles. The highest BCUT2D eigenvalue weighted by atomic mass is 79.9. The second kappa shape index (κ2) is 5.88. The number of phenols is 1. The van der Waals surface area contributed by atoms with E-state index < -0.39 is 0 Å². The van der Waals surface area contributed by atoms with Crippen molar-refractivity contribution in [3.8, 4) is 5.75 Å². The molecular weight excluding hydrogens is 376 g/mol. The molecule has 0 aliphatic heterocycles. The van der Waals surface area contributed by atoms with Crippen molar-refractivity contribution in [3.05, 3.63) is 38.8 Å². The summed E-state index contributed by atoms with van der Waals surface area (Å²) < 4.78 is 1.12. The van der Waals surface area contributed by atoms with Crippen LogP contribution in [-0.2, 0) is 4.79 Å². The molecule has 6 heteroatoms. The van der Waals surface area contributed by atoms with E-state index in [9.17, 15) is 9.90 Å². The van der Waals surface area contributed by atoms with Gasteiger partial charge in [0.25, 0.3) is 0 Å². The maximum atomic E-state index is 11.6. The fourth-order valence-electron chi connectivity index (χ4n) is 1.74. The standard InChI is InChI=1S/C13H12Br2N2O2/c1-7-2-9(3-7)13(19)17-16-6-8-4-10(14)12(18)11(15)5-8/h4-6,9,18H,1-3H2,(H,17,19)/b16-6-. The van der Waals surface area contributed by atoms with Crippen molar-refractivity contribution < 1.29 is 9.90 Å². The monoisotopic (exact) mass is 386 g/mol. The van der Waals surface area contributed by atoms with Crippen LogP contribution in [0.15, 0.2) is 38.3 Å². The number of halogens is 2. The SMILES string of the molecule is C=C1CC(C(=O)N/N=C\c2cc(Br)c(O)c(Br)c2)C1. The fourth-order valence-corrected chi connectivity index (χ4v) is 2.97. The average molecular weight is 388 g/mol. The molecule has 0 saturated heterocycles. The van der Waals surface area contributed by atoms with E-state index in [0.717, 1.165) is 24.0 Å². The molecule has 0 bridgehead atoms. The number of nitrogens with one attached hydrogen (secondary N) is 1. The van der Waals surface area contributed by atoms with Gasteiger partial charge < -0.3 is 5.11 Å². The number of rotatable bonds is 3. The first-order valence-corrected chi connectivity index (χ1v) is 7.23. The van der Waals surface area contributed by atoms with Crippen molar-refractivity contribution in [2.45, 2.75) is 12.8 Å². The third-order valence-electron chi connectivity index (χ3n) is 2.87. The molecule has 0 radical (unpaired) electrons. The van der Waals surface area contributed by atoms with Gasteiger partial charge in [-0.1, -0.05) is 12.2 Å². The highest BCUT2D eigenvalue weighted by Crippen LogP contribution is 2.33. The highest BCUT2D eigenvalue weighted by Gasteiger charge is 2.27. The van der Waals surface area contributed by atoms with Crippen LogP contribution in [0.2, 0.25) is 0 Å². The zero-order valence-corrected chi connectivity index (χ0v) is 13.2. The van der Waals surface area contributed by atoms with Gasteiger partial charge in [0.15, 0.2) is 0 Å². The number of aromatic hydroxyl groups is 1. The lowest BCUT2D eigenvalue weighted by Gasteiger charge is -2.25. The highest BCUT2D eigenvalue weighted by molar-refractivity contribution is 9.11. The molecule has 1 aromatic rings. The number of hydrazone groups is 1. The van der Waals surface area contributed by atoms with Crippen LogP contribution >= 0.6 is 31.9 Å². The Morgan fingerprint density at radius 1 is 1.42 bits per heavy atom. The lowest BCUT2D eigenvalue weighted by atomic mass is 9.81. The van der Waals surface area contributed by atoms with E-state index in [2.05, 4.69) is 49.0 Å². The lowest BCUT2D eigenvalue weighted by molar-refractivity contribution is -0.126. The Balaban J connectivity index is 1.95. The number of nitrogens with zero attached hydrogens (tertiary/aromatic N) is 1. The van der Waals surface area contributed by atoms with Crippen molar-refractivity contribution in [1.82, 2.24) is 5.43 Å². The van der Waals surface area contributed by atoms with E-state index in [1.165, 1.54) is 6.21 Å². The van der Waals surface area contributed by atoms with E-state index >= 15 is 0 Å². The average Bonchev–Trinajstić information content (AvgIpc) is 2.31. The van der Waals surface area contributed by atoms with E-state index in [-0.39, 0.29) is 17.6 Å². The van der Waals surface area contributed by atoms with E-state index in [1.807, 2.05) is 0 Å². The van der Waals surface area contributed by atoms with Crippen LogP contribution in [0.25, 0.3) is 0 Å². The van der Waals surface area contributed by atoms with Gasteiger partial charge in [0.05, 0.1) is 15.2 Å². The molecule has 0 aromatic heterocycles. The van der Waals surface area contributed by atoms with Crippen molar-refractivity contribution in [1.29, 1.82) is 0 Å². The van der Waals surface area contributed by atoms with Crippen LogP contribution in [-0.4, -0.2) is 17.2 Å². The normalized spacial score (nSPS) is 15.6. The van der Waals surface area contributed by atoms with E-state index in [1.54, 1.807) is 12.1 Å². The third kappa shape index (κ3) is 3.45. The van der Waals surface area contributed by atoms with Gasteiger partial charge in [-0.25, -0.2) is 5.43 Å². The Morgan fingerprint density at radius 3 is 2.53 bits per heavy atom. The summed E-state index contributed by atoms with van der Waals surface area (Å²) in [5.74, 6) is 0.0534. The molecule has 0 spiro atoms. The summed E-state index contributed by atoms with van der Waals surface area (Å²) in [6.45, 7) is 3.80. The first-order valence-electron chi connectivity index (χ1n) is 5.65. The molecule has 1 aromatic carbocycles. The summed E-state index contributed by atoms with van der Waals surface area (Å²) in [7, 11) is 0. The predicted molar refractivity (Wildman–Crippen MR) is 81.1 cm³/mol. The molecule has 100 valence electrons. The van der Waals surface area contributed by atoms with Gasteiger partial charge in [-0.2, -0.15) is 5.10 Å². The number of hydrogen-bond acceptors (Lipinski definition) is 3. The zero-order chi connectivity index (χ0) is 14.0. The van der Waals surface area contributed by atoms with Gasteiger partial charge in [0, 0.05) is 5.92 Å². The molecule has 1 fully saturated rings. The maximum Gasteiger partial charge on any atom is 0.243 e. The number of phenolic OH excluding ortho intramolecular Hbond substituents is 1. The van der Waals surface area contributed by atoms with Crippen molar-refractivity contribution >= 4 is 44.0 Å². The summed E-state index contributed by atoms with van der Waals surface area (Å²) in [5, 5.41) is 13.5. The molecule has 0 heterocycles. The van der Waals surface area contributed by atoms with Gasteiger partial charge in [0.1, 0.15) is 5.75 Å². The molecule has 1 amide bonds. The Hall–Kier alpha value is -1.14. The Morgan fingerprint density at radius 2 is 2.00 bits per heavy atom. The topological polar surface area (TPSA) is 61.7 Å². The molecule has 19 heavy (non-hydrogen) atoms. The zero-order valence-electron chi connectivity index (χ0n) is 9.99. The summed E-state index contributed by atoms with van der Waals surface area (Å²) in [6, 6.07) is 3.42. The Bertz CT molecular complexity index is 539. The molecule has 0 atom stereocenters. The third-order valence-corrected chi connectivity index (χ3v) is 4.08. The number of amides is 1. The van der Waals surface area contributed by atoms with Crippen LogP contribution in [0.1, 0.15) is 18.4 Å². The van der Waals surface area contributed by atoms with Crippen LogP contribution in [0.5, 0.6) is 5.75 Å². The number of carbonyl (C=O) groups excluding carboxylic acids is 1. The smallest absolute Gasteiger partial charge is 0.243 e. The molecular formula is C13H12Br2N2O2. The number of hydrogen-bond donors (Lipinski definition) is 2. The van der Waals surface area contributed by atoms with Crippen molar-refractivity contribution in [2.75, 3.05) is 0 Å². The quantitative estimate of drug-likeness (QED) is 0.474. The van der Waals surface area contributed by atoms with Crippen LogP contribution in [0, 0.1) is 5.92 Å². The molecule has 0 unspecified atom stereocenters. The first kappa shape index (κ1) is 14.3. The molecule has 2 N–H and O–H groups in total. The minimum Gasteiger partial charge on any atom is -0.506 e. The van der Waals surface area contributed by atoms with Gasteiger partial charge in [-0.05, 0) is 62.4 Å². The largest absolute Gasteiger partial charge is 0.506 e. The Kier molecular flexibility index (Phi) is 4.42. The van der Waals surface area contributed by atoms with Crippen molar-refractivity contribution in [3.63, 3.8) is 0 Å². The summed E-state index contributed by atoms with van der Waals surface area (Å²) in [4.78, 5) is 11.6. The minimum atomic E-state index is -0.0828. The predicted octanol–water partition coefficient (Wildman–Crippen LogP) is 3.33. The summed E-state index contributed by atoms with van der Waals surface area (Å²) in [5.41, 5.74) is 4.37. The molecule has 1 aliphatic rings. The van der Waals surface area contributed by atoms with Gasteiger partial charge in [0.2, 0.25) is 5.91 Å². The number of benzene rings is 1. The number of carbonyl (C=O) groups is 1.